The van der Waals surface area contributed by atoms with Crippen LogP contribution in [0.5, 0.6) is 0 Å². The van der Waals surface area contributed by atoms with E-state index in [1.165, 1.54) is 4.31 Å². The first-order chi connectivity index (χ1) is 12.4. The maximum atomic E-state index is 14.3. The molecule has 9 heteroatoms. The number of likely N-dealkylation sites (N-methyl/N-ethyl adjacent to an activating group) is 1. The van der Waals surface area contributed by atoms with Crippen LogP contribution in [0.15, 0.2) is 42.5 Å². The molecule has 1 aliphatic heterocycles. The second kappa shape index (κ2) is 7.37. The molecule has 0 bridgehead atoms. The first kappa shape index (κ1) is 18.9. The number of aliphatic hydroxyl groups is 1. The number of nitrogens with zero attached hydrogens (tertiary/aromatic N) is 2. The van der Waals surface area contributed by atoms with Gasteiger partial charge in [-0.2, -0.15) is 0 Å². The molecule has 0 saturated carbocycles. The van der Waals surface area contributed by atoms with Gasteiger partial charge in [0.25, 0.3) is 0 Å². The largest absolute Gasteiger partial charge is 0.392 e. The Labute approximate surface area is 152 Å². The predicted octanol–water partition coefficient (Wildman–Crippen LogP) is 3.47. The van der Waals surface area contributed by atoms with Gasteiger partial charge in [-0.1, -0.05) is 12.1 Å². The van der Waals surface area contributed by atoms with Gasteiger partial charge in [-0.25, -0.2) is 13.1 Å². The zero-order chi connectivity index (χ0) is 18.9. The quantitative estimate of drug-likeness (QED) is 0.610. The van der Waals surface area contributed by atoms with Crippen molar-refractivity contribution in [3.63, 3.8) is 0 Å². The van der Waals surface area contributed by atoms with E-state index in [-0.39, 0.29) is 18.7 Å². The summed E-state index contributed by atoms with van der Waals surface area (Å²) in [7, 11) is -1.96. The minimum atomic E-state index is -3.66. The number of anilines is 3. The fourth-order valence-electron chi connectivity index (χ4n) is 2.96. The summed E-state index contributed by atoms with van der Waals surface area (Å²) in [5.74, 6) is -1.45. The standard InChI is InChI=1S/C17H21F2N3O3S/c1-20-11-13(23)8-9-21-15-4-2-3-5-16(15)22(26(21,24)25)17-10-12(18)6-7-14(17)19/h2-7,10,13,20,23-25H,8-9,11H2,1H3/t13-/m1/s1. The van der Waals surface area contributed by atoms with Gasteiger partial charge in [0.05, 0.1) is 17.5 Å². The molecule has 0 fully saturated rings. The monoisotopic (exact) mass is 385 g/mol. The second-order valence-corrected chi connectivity index (χ2v) is 7.76. The van der Waals surface area contributed by atoms with Gasteiger partial charge in [-0.05, 0) is 48.7 Å². The Morgan fingerprint density at radius 3 is 2.46 bits per heavy atom. The number of benzene rings is 2. The van der Waals surface area contributed by atoms with E-state index in [9.17, 15) is 23.0 Å². The third-order valence-electron chi connectivity index (χ3n) is 4.14. The van der Waals surface area contributed by atoms with Crippen LogP contribution in [0.3, 0.4) is 0 Å². The van der Waals surface area contributed by atoms with Crippen molar-refractivity contribution in [2.24, 2.45) is 0 Å². The van der Waals surface area contributed by atoms with Crippen LogP contribution in [0.1, 0.15) is 6.42 Å². The molecule has 0 amide bonds. The fraction of sp³-hybridized carbons (Fsp3) is 0.294. The summed E-state index contributed by atoms with van der Waals surface area (Å²) in [5, 5.41) is 12.8. The van der Waals surface area contributed by atoms with E-state index in [1.807, 2.05) is 0 Å². The Bertz CT molecular complexity index is 794. The molecule has 4 N–H and O–H groups in total. The van der Waals surface area contributed by atoms with Crippen molar-refractivity contribution in [2.75, 3.05) is 28.7 Å². The van der Waals surface area contributed by atoms with Crippen molar-refractivity contribution >= 4 is 28.0 Å². The summed E-state index contributed by atoms with van der Waals surface area (Å²) in [5.41, 5.74) is 0.587. The molecule has 142 valence electrons. The van der Waals surface area contributed by atoms with Crippen LogP contribution in [0.25, 0.3) is 0 Å². The van der Waals surface area contributed by atoms with Gasteiger partial charge in [0.1, 0.15) is 17.3 Å². The lowest BCUT2D eigenvalue weighted by Crippen LogP contribution is -2.35. The summed E-state index contributed by atoms with van der Waals surface area (Å²) in [6.45, 7) is 0.493. The lowest BCUT2D eigenvalue weighted by Gasteiger charge is -2.44. The van der Waals surface area contributed by atoms with Crippen molar-refractivity contribution in [3.05, 3.63) is 54.1 Å². The van der Waals surface area contributed by atoms with Crippen LogP contribution in [0.4, 0.5) is 25.8 Å². The molecular weight excluding hydrogens is 364 g/mol. The highest BCUT2D eigenvalue weighted by Crippen LogP contribution is 2.64. The Kier molecular flexibility index (Phi) is 5.35. The summed E-state index contributed by atoms with van der Waals surface area (Å²) < 4.78 is 52.0. The van der Waals surface area contributed by atoms with E-state index in [0.717, 1.165) is 22.5 Å². The Balaban J connectivity index is 2.00. The molecule has 2 aromatic rings. The highest BCUT2D eigenvalue weighted by atomic mass is 32.3. The summed E-state index contributed by atoms with van der Waals surface area (Å²) in [6.07, 6.45) is -0.410. The van der Waals surface area contributed by atoms with Gasteiger partial charge in [-0.3, -0.25) is 13.4 Å². The van der Waals surface area contributed by atoms with Gasteiger partial charge < -0.3 is 10.4 Å². The molecular formula is C17H21F2N3O3S. The highest BCUT2D eigenvalue weighted by molar-refractivity contribution is 8.27. The number of rotatable bonds is 6. The molecule has 0 unspecified atom stereocenters. The molecule has 2 aromatic carbocycles. The molecule has 1 atom stereocenters. The van der Waals surface area contributed by atoms with Gasteiger partial charge in [-0.15, -0.1) is 0 Å². The molecule has 26 heavy (non-hydrogen) atoms. The summed E-state index contributed by atoms with van der Waals surface area (Å²) in [6, 6.07) is 9.53. The van der Waals surface area contributed by atoms with E-state index < -0.39 is 28.7 Å². The van der Waals surface area contributed by atoms with E-state index >= 15 is 0 Å². The zero-order valence-electron chi connectivity index (χ0n) is 14.1. The van der Waals surface area contributed by atoms with Gasteiger partial charge in [0.15, 0.2) is 0 Å². The van der Waals surface area contributed by atoms with Crippen molar-refractivity contribution < 1.29 is 23.0 Å². The molecule has 0 saturated heterocycles. The summed E-state index contributed by atoms with van der Waals surface area (Å²) >= 11 is 0. The maximum Gasteiger partial charge on any atom is 0.148 e. The Morgan fingerprint density at radius 1 is 1.08 bits per heavy atom. The number of hydrogen-bond acceptors (Lipinski definition) is 6. The first-order valence-corrected chi connectivity index (χ1v) is 9.55. The van der Waals surface area contributed by atoms with Crippen molar-refractivity contribution in [2.45, 2.75) is 12.5 Å². The fourth-order valence-corrected chi connectivity index (χ4v) is 4.75. The van der Waals surface area contributed by atoms with E-state index in [4.69, 9.17) is 0 Å². The maximum absolute atomic E-state index is 14.3. The smallest absolute Gasteiger partial charge is 0.148 e. The van der Waals surface area contributed by atoms with Crippen LogP contribution < -0.4 is 13.9 Å². The number of para-hydroxylation sites is 2. The minimum Gasteiger partial charge on any atom is -0.392 e. The number of nitrogens with one attached hydrogen (secondary N) is 1. The third-order valence-corrected chi connectivity index (χ3v) is 6.00. The molecule has 1 heterocycles. The first-order valence-electron chi connectivity index (χ1n) is 8.09. The second-order valence-electron chi connectivity index (χ2n) is 5.97. The molecule has 0 aromatic heterocycles. The average Bonchev–Trinajstić information content (AvgIpc) is 2.81. The van der Waals surface area contributed by atoms with Crippen molar-refractivity contribution in [1.82, 2.24) is 5.32 Å². The third kappa shape index (κ3) is 3.36. The SMILES string of the molecule is CNC[C@H](O)CCN1c2ccccc2N(c2cc(F)ccc2F)S1(O)O. The van der Waals surface area contributed by atoms with E-state index in [0.29, 0.717) is 17.9 Å². The van der Waals surface area contributed by atoms with Gasteiger partial charge in [0.2, 0.25) is 0 Å². The molecule has 0 spiro atoms. The lowest BCUT2D eigenvalue weighted by atomic mass is 10.2. The zero-order valence-corrected chi connectivity index (χ0v) is 15.0. The number of fused-ring (bicyclic) bond motifs is 1. The Morgan fingerprint density at radius 2 is 1.77 bits per heavy atom. The topological polar surface area (TPSA) is 79.2 Å². The van der Waals surface area contributed by atoms with Crippen LogP contribution in [0, 0.1) is 11.6 Å². The highest BCUT2D eigenvalue weighted by Gasteiger charge is 2.42. The van der Waals surface area contributed by atoms with E-state index in [1.54, 1.807) is 31.3 Å². The van der Waals surface area contributed by atoms with Crippen molar-refractivity contribution in [3.8, 4) is 0 Å². The molecule has 0 aliphatic carbocycles. The van der Waals surface area contributed by atoms with E-state index in [2.05, 4.69) is 5.32 Å². The molecule has 3 rings (SSSR count). The van der Waals surface area contributed by atoms with Crippen LogP contribution in [-0.4, -0.2) is 40.5 Å². The number of hydrogen-bond donors (Lipinski definition) is 4. The van der Waals surface area contributed by atoms with Crippen LogP contribution >= 0.6 is 11.0 Å². The van der Waals surface area contributed by atoms with Crippen LogP contribution in [0.2, 0.25) is 0 Å². The predicted molar refractivity (Wildman–Crippen MR) is 99.7 cm³/mol. The van der Waals surface area contributed by atoms with Gasteiger partial charge >= 0.3 is 0 Å². The molecule has 1 aliphatic rings. The molecule has 0 radical (unpaired) electrons. The number of halogens is 2. The molecule has 6 nitrogen and oxygen atoms in total. The van der Waals surface area contributed by atoms with Gasteiger partial charge in [0, 0.05) is 19.2 Å². The minimum absolute atomic E-state index is 0.135. The average molecular weight is 385 g/mol. The summed E-state index contributed by atoms with van der Waals surface area (Å²) in [4.78, 5) is 0. The van der Waals surface area contributed by atoms with Crippen LogP contribution in [-0.2, 0) is 0 Å². The van der Waals surface area contributed by atoms with Crippen molar-refractivity contribution in [1.29, 1.82) is 0 Å². The number of aliphatic hydroxyl groups excluding tert-OH is 1. The normalized spacial score (nSPS) is 17.9. The Hall–Kier alpha value is -1.91. The lowest BCUT2D eigenvalue weighted by molar-refractivity contribution is 0.167.